The monoisotopic (exact) mass is 203 g/mol. The highest BCUT2D eigenvalue weighted by Crippen LogP contribution is 2.26. The maximum atomic E-state index is 10.6. The third-order valence-corrected chi connectivity index (χ3v) is 2.61. The molecule has 0 saturated heterocycles. The van der Waals surface area contributed by atoms with E-state index in [0.29, 0.717) is 6.42 Å². The number of aromatic amines is 1. The minimum Gasteiger partial charge on any atom is -0.497 e. The topological polar surface area (TPSA) is 42.1 Å². The number of carbonyl (C=O) groups is 1. The third-order valence-electron chi connectivity index (χ3n) is 2.61. The fourth-order valence-electron chi connectivity index (χ4n) is 1.83. The van der Waals surface area contributed by atoms with Crippen molar-refractivity contribution in [3.8, 4) is 5.75 Å². The average Bonchev–Trinajstić information content (AvgIpc) is 2.55. The summed E-state index contributed by atoms with van der Waals surface area (Å²) in [6.07, 6.45) is 1.37. The van der Waals surface area contributed by atoms with E-state index in [1.807, 2.05) is 25.1 Å². The molecule has 0 unspecified atom stereocenters. The van der Waals surface area contributed by atoms with Gasteiger partial charge >= 0.3 is 0 Å². The molecule has 3 nitrogen and oxygen atoms in total. The fraction of sp³-hybridized carbons (Fsp3) is 0.250. The molecule has 0 atom stereocenters. The van der Waals surface area contributed by atoms with Gasteiger partial charge in [-0.3, -0.25) is 0 Å². The van der Waals surface area contributed by atoms with Crippen LogP contribution in [0.5, 0.6) is 5.75 Å². The Bertz CT molecular complexity index is 500. The van der Waals surface area contributed by atoms with E-state index in [1.54, 1.807) is 7.11 Å². The Balaban J connectivity index is 2.65. The molecule has 0 aliphatic heterocycles. The summed E-state index contributed by atoms with van der Waals surface area (Å²) >= 11 is 0. The molecule has 0 radical (unpaired) electrons. The van der Waals surface area contributed by atoms with Crippen LogP contribution in [0, 0.1) is 6.92 Å². The molecule has 2 rings (SSSR count). The number of ether oxygens (including phenoxy) is 1. The smallest absolute Gasteiger partial charge is 0.124 e. The number of methoxy groups -OCH3 is 1. The summed E-state index contributed by atoms with van der Waals surface area (Å²) < 4.78 is 5.16. The zero-order valence-electron chi connectivity index (χ0n) is 8.83. The molecule has 2 aromatic rings. The minimum atomic E-state index is 0.443. The van der Waals surface area contributed by atoms with Crippen LogP contribution >= 0.6 is 0 Å². The van der Waals surface area contributed by atoms with Gasteiger partial charge in [-0.25, -0.2) is 0 Å². The maximum Gasteiger partial charge on any atom is 0.124 e. The first kappa shape index (κ1) is 9.77. The normalized spacial score (nSPS) is 10.5. The summed E-state index contributed by atoms with van der Waals surface area (Å²) in [4.78, 5) is 13.8. The molecule has 1 N–H and O–H groups in total. The lowest BCUT2D eigenvalue weighted by Crippen LogP contribution is -1.87. The number of hydrogen-bond acceptors (Lipinski definition) is 2. The molecule has 0 saturated carbocycles. The molecular formula is C12H13NO2. The number of fused-ring (bicyclic) bond motifs is 1. The van der Waals surface area contributed by atoms with E-state index in [4.69, 9.17) is 4.74 Å². The van der Waals surface area contributed by atoms with Crippen molar-refractivity contribution in [1.82, 2.24) is 4.98 Å². The van der Waals surface area contributed by atoms with Gasteiger partial charge < -0.3 is 14.5 Å². The number of benzene rings is 1. The van der Waals surface area contributed by atoms with Crippen molar-refractivity contribution < 1.29 is 9.53 Å². The Morgan fingerprint density at radius 3 is 2.93 bits per heavy atom. The van der Waals surface area contributed by atoms with Gasteiger partial charge in [-0.2, -0.15) is 0 Å². The highest BCUT2D eigenvalue weighted by atomic mass is 16.5. The molecule has 1 aromatic heterocycles. The molecule has 0 aliphatic carbocycles. The molecule has 78 valence electrons. The number of carbonyl (C=O) groups excluding carboxylic acids is 1. The first-order chi connectivity index (χ1) is 7.26. The predicted molar refractivity (Wildman–Crippen MR) is 59.4 cm³/mol. The van der Waals surface area contributed by atoms with Gasteiger partial charge in [-0.1, -0.05) is 0 Å². The second-order valence-electron chi connectivity index (χ2n) is 3.51. The Morgan fingerprint density at radius 1 is 1.47 bits per heavy atom. The van der Waals surface area contributed by atoms with Crippen LogP contribution in [0.15, 0.2) is 18.2 Å². The summed E-state index contributed by atoms with van der Waals surface area (Å²) in [7, 11) is 1.64. The van der Waals surface area contributed by atoms with Crippen LogP contribution in [0.1, 0.15) is 11.3 Å². The zero-order chi connectivity index (χ0) is 10.8. The van der Waals surface area contributed by atoms with Crippen molar-refractivity contribution in [1.29, 1.82) is 0 Å². The van der Waals surface area contributed by atoms with E-state index >= 15 is 0 Å². The second-order valence-corrected chi connectivity index (χ2v) is 3.51. The molecule has 15 heavy (non-hydrogen) atoms. The van der Waals surface area contributed by atoms with Gasteiger partial charge in [0.15, 0.2) is 0 Å². The van der Waals surface area contributed by atoms with E-state index < -0.39 is 0 Å². The highest BCUT2D eigenvalue weighted by molar-refractivity contribution is 5.87. The van der Waals surface area contributed by atoms with Crippen molar-refractivity contribution in [2.45, 2.75) is 13.3 Å². The lowest BCUT2D eigenvalue weighted by molar-refractivity contribution is -0.107. The third kappa shape index (κ3) is 1.61. The summed E-state index contributed by atoms with van der Waals surface area (Å²) in [5.74, 6) is 0.814. The van der Waals surface area contributed by atoms with Gasteiger partial charge in [0.25, 0.3) is 0 Å². The number of rotatable bonds is 3. The SMILES string of the molecule is COc1ccc2[nH]c(C)c(CC=O)c2c1. The van der Waals surface area contributed by atoms with Gasteiger partial charge in [-0.15, -0.1) is 0 Å². The number of nitrogens with one attached hydrogen (secondary N) is 1. The maximum absolute atomic E-state index is 10.6. The van der Waals surface area contributed by atoms with Crippen molar-refractivity contribution in [3.05, 3.63) is 29.5 Å². The standard InChI is InChI=1S/C12H13NO2/c1-8-10(5-6-14)11-7-9(15-2)3-4-12(11)13-8/h3-4,6-7,13H,5H2,1-2H3. The van der Waals surface area contributed by atoms with Gasteiger partial charge in [0.05, 0.1) is 7.11 Å². The van der Waals surface area contributed by atoms with E-state index in [0.717, 1.165) is 34.2 Å². The molecule has 0 fully saturated rings. The van der Waals surface area contributed by atoms with Crippen LogP contribution < -0.4 is 4.74 Å². The molecule has 1 heterocycles. The van der Waals surface area contributed by atoms with Crippen molar-refractivity contribution in [2.75, 3.05) is 7.11 Å². The Kier molecular flexibility index (Phi) is 2.46. The quantitative estimate of drug-likeness (QED) is 0.777. The van der Waals surface area contributed by atoms with Crippen LogP contribution in [0.4, 0.5) is 0 Å². The van der Waals surface area contributed by atoms with E-state index in [1.165, 1.54) is 0 Å². The van der Waals surface area contributed by atoms with E-state index in [9.17, 15) is 4.79 Å². The fourth-order valence-corrected chi connectivity index (χ4v) is 1.83. The van der Waals surface area contributed by atoms with E-state index in [2.05, 4.69) is 4.98 Å². The largest absolute Gasteiger partial charge is 0.497 e. The molecule has 0 spiro atoms. The summed E-state index contributed by atoms with van der Waals surface area (Å²) in [5, 5.41) is 1.07. The highest BCUT2D eigenvalue weighted by Gasteiger charge is 2.08. The average molecular weight is 203 g/mol. The number of aldehydes is 1. The van der Waals surface area contributed by atoms with E-state index in [-0.39, 0.29) is 0 Å². The van der Waals surface area contributed by atoms with Gasteiger partial charge in [0, 0.05) is 23.0 Å². The van der Waals surface area contributed by atoms with Gasteiger partial charge in [0.1, 0.15) is 12.0 Å². The van der Waals surface area contributed by atoms with Crippen molar-refractivity contribution >= 4 is 17.2 Å². The number of H-pyrrole nitrogens is 1. The first-order valence-corrected chi connectivity index (χ1v) is 4.85. The number of aryl methyl sites for hydroxylation is 1. The zero-order valence-corrected chi connectivity index (χ0v) is 8.83. The predicted octanol–water partition coefficient (Wildman–Crippen LogP) is 2.23. The van der Waals surface area contributed by atoms with Crippen LogP contribution in [-0.2, 0) is 11.2 Å². The lowest BCUT2D eigenvalue weighted by Gasteiger charge is -2.00. The Morgan fingerprint density at radius 2 is 2.27 bits per heavy atom. The van der Waals surface area contributed by atoms with Gasteiger partial charge in [0.2, 0.25) is 0 Å². The molecule has 0 aliphatic rings. The molecule has 0 amide bonds. The molecule has 3 heteroatoms. The lowest BCUT2D eigenvalue weighted by atomic mass is 10.1. The summed E-state index contributed by atoms with van der Waals surface area (Å²) in [6, 6.07) is 5.83. The van der Waals surface area contributed by atoms with Crippen LogP contribution in [-0.4, -0.2) is 18.4 Å². The van der Waals surface area contributed by atoms with Crippen LogP contribution in [0.2, 0.25) is 0 Å². The van der Waals surface area contributed by atoms with Crippen molar-refractivity contribution in [3.63, 3.8) is 0 Å². The molecular weight excluding hydrogens is 190 g/mol. The molecule has 1 aromatic carbocycles. The number of aromatic nitrogens is 1. The van der Waals surface area contributed by atoms with Crippen LogP contribution in [0.25, 0.3) is 10.9 Å². The summed E-state index contributed by atoms with van der Waals surface area (Å²) in [5.41, 5.74) is 3.15. The van der Waals surface area contributed by atoms with Crippen molar-refractivity contribution in [2.24, 2.45) is 0 Å². The Hall–Kier alpha value is -1.77. The number of hydrogen-bond donors (Lipinski definition) is 1. The van der Waals surface area contributed by atoms with Crippen LogP contribution in [0.3, 0.4) is 0 Å². The first-order valence-electron chi connectivity index (χ1n) is 4.85. The summed E-state index contributed by atoms with van der Waals surface area (Å²) in [6.45, 7) is 1.98. The Labute approximate surface area is 88.1 Å². The van der Waals surface area contributed by atoms with Gasteiger partial charge in [-0.05, 0) is 30.7 Å². The second kappa shape index (κ2) is 3.77. The minimum absolute atomic E-state index is 0.443. The molecule has 0 bridgehead atoms.